The third kappa shape index (κ3) is 4.27. The summed E-state index contributed by atoms with van der Waals surface area (Å²) in [4.78, 5) is 10.4. The SMILES string of the molecule is O=S(=O)(NO)c1cc2nccnc2cc1[Se]Sc1ccc(Cl)cc1Cl. The Morgan fingerprint density at radius 2 is 1.76 bits per heavy atom. The van der Waals surface area contributed by atoms with Gasteiger partial charge < -0.3 is 0 Å². The van der Waals surface area contributed by atoms with Crippen molar-refractivity contribution < 1.29 is 13.6 Å². The van der Waals surface area contributed by atoms with Gasteiger partial charge in [0.15, 0.2) is 0 Å². The first kappa shape index (κ1) is 18.9. The van der Waals surface area contributed by atoms with E-state index in [0.29, 0.717) is 25.5 Å². The number of hydrogen-bond donors (Lipinski definition) is 2. The Kier molecular flexibility index (Phi) is 5.87. The Labute approximate surface area is 163 Å². The van der Waals surface area contributed by atoms with Crippen molar-refractivity contribution in [2.45, 2.75) is 9.79 Å². The van der Waals surface area contributed by atoms with Crippen LogP contribution < -0.4 is 9.35 Å². The van der Waals surface area contributed by atoms with Crippen LogP contribution in [0, 0.1) is 0 Å². The van der Waals surface area contributed by atoms with E-state index in [1.54, 1.807) is 24.3 Å². The van der Waals surface area contributed by atoms with Crippen LogP contribution >= 0.6 is 33.4 Å². The average Bonchev–Trinajstić information content (AvgIpc) is 2.60. The molecule has 0 amide bonds. The molecule has 3 rings (SSSR count). The second-order valence-electron chi connectivity index (χ2n) is 4.68. The van der Waals surface area contributed by atoms with E-state index in [1.165, 1.54) is 33.5 Å². The predicted octanol–water partition coefficient (Wildman–Crippen LogP) is 2.64. The number of sulfonamides is 1. The minimum atomic E-state index is -4.06. The molecule has 0 unspecified atom stereocenters. The van der Waals surface area contributed by atoms with Gasteiger partial charge in [0.25, 0.3) is 0 Å². The Balaban J connectivity index is 2.03. The zero-order valence-corrected chi connectivity index (χ0v) is 17.0. The second kappa shape index (κ2) is 7.77. The molecule has 0 bridgehead atoms. The van der Waals surface area contributed by atoms with Gasteiger partial charge in [0.05, 0.1) is 0 Å². The number of benzene rings is 2. The molecule has 2 N–H and O–H groups in total. The van der Waals surface area contributed by atoms with Gasteiger partial charge in [-0.25, -0.2) is 0 Å². The van der Waals surface area contributed by atoms with Gasteiger partial charge in [0.1, 0.15) is 0 Å². The van der Waals surface area contributed by atoms with Crippen molar-refractivity contribution in [1.82, 2.24) is 14.9 Å². The molecule has 0 aliphatic rings. The first-order valence-electron chi connectivity index (χ1n) is 6.61. The molecule has 130 valence electrons. The molecular formula is C14H9Cl2N3O3S2Se. The summed E-state index contributed by atoms with van der Waals surface area (Å²) < 4.78 is 24.8. The topological polar surface area (TPSA) is 92.2 Å². The fourth-order valence-corrected chi connectivity index (χ4v) is 8.47. The number of halogens is 2. The van der Waals surface area contributed by atoms with Crippen LogP contribution in [0.2, 0.25) is 10.0 Å². The first-order valence-corrected chi connectivity index (χ1v) is 12.5. The molecule has 0 spiro atoms. The monoisotopic (exact) mass is 481 g/mol. The van der Waals surface area contributed by atoms with Gasteiger partial charge in [-0.15, -0.1) is 0 Å². The second-order valence-corrected chi connectivity index (χ2v) is 10.9. The quantitative estimate of drug-likeness (QED) is 0.430. The molecule has 0 aliphatic heterocycles. The van der Waals surface area contributed by atoms with Gasteiger partial charge in [-0.1, -0.05) is 0 Å². The van der Waals surface area contributed by atoms with Crippen molar-refractivity contribution in [3.05, 3.63) is 52.8 Å². The van der Waals surface area contributed by atoms with Crippen LogP contribution in [0.15, 0.2) is 52.5 Å². The molecule has 2 aromatic carbocycles. The molecular weight excluding hydrogens is 472 g/mol. The van der Waals surface area contributed by atoms with E-state index in [1.807, 2.05) is 0 Å². The molecule has 0 fully saturated rings. The van der Waals surface area contributed by atoms with Gasteiger partial charge in [-0.2, -0.15) is 0 Å². The maximum absolute atomic E-state index is 12.1. The summed E-state index contributed by atoms with van der Waals surface area (Å²) in [5.74, 6) is 0. The van der Waals surface area contributed by atoms with Crippen molar-refractivity contribution in [2.75, 3.05) is 0 Å². The van der Waals surface area contributed by atoms with E-state index in [4.69, 9.17) is 28.4 Å². The molecule has 6 nitrogen and oxygen atoms in total. The van der Waals surface area contributed by atoms with Crippen LogP contribution in [-0.4, -0.2) is 37.4 Å². The van der Waals surface area contributed by atoms with Crippen molar-refractivity contribution in [3.63, 3.8) is 0 Å². The molecule has 11 heteroatoms. The molecule has 0 saturated carbocycles. The molecule has 0 radical (unpaired) electrons. The van der Waals surface area contributed by atoms with E-state index in [2.05, 4.69) is 9.97 Å². The van der Waals surface area contributed by atoms with Crippen LogP contribution in [0.4, 0.5) is 0 Å². The van der Waals surface area contributed by atoms with Gasteiger partial charge in [-0.05, 0) is 0 Å². The van der Waals surface area contributed by atoms with E-state index < -0.39 is 10.0 Å². The van der Waals surface area contributed by atoms with Crippen molar-refractivity contribution in [3.8, 4) is 0 Å². The number of fused-ring (bicyclic) bond motifs is 1. The van der Waals surface area contributed by atoms with E-state index in [9.17, 15) is 8.42 Å². The minimum absolute atomic E-state index is 0.0411. The Hall–Kier alpha value is -0.901. The zero-order valence-electron chi connectivity index (χ0n) is 12.2. The summed E-state index contributed by atoms with van der Waals surface area (Å²) in [6.07, 6.45) is 3.00. The number of hydrogen-bond acceptors (Lipinski definition) is 6. The Morgan fingerprint density at radius 1 is 1.08 bits per heavy atom. The fraction of sp³-hybridized carbons (Fsp3) is 0. The van der Waals surface area contributed by atoms with Crippen LogP contribution in [0.25, 0.3) is 11.0 Å². The average molecular weight is 481 g/mol. The summed E-state index contributed by atoms with van der Waals surface area (Å²) in [5, 5.41) is 10.0. The first-order chi connectivity index (χ1) is 11.9. The summed E-state index contributed by atoms with van der Waals surface area (Å²) in [5.41, 5.74) is 0.990. The van der Waals surface area contributed by atoms with E-state index in [-0.39, 0.29) is 18.7 Å². The van der Waals surface area contributed by atoms with Gasteiger partial charge in [0, 0.05) is 0 Å². The number of nitrogens with one attached hydrogen (secondary N) is 1. The third-order valence-electron chi connectivity index (χ3n) is 3.06. The van der Waals surface area contributed by atoms with Crippen LogP contribution in [-0.2, 0) is 10.0 Å². The summed E-state index contributed by atoms with van der Waals surface area (Å²) in [7, 11) is -2.65. The number of aromatic nitrogens is 2. The standard InChI is InChI=1S/C14H9Cl2N3O3S2Se/c15-8-1-2-12(9(16)5-8)23-25-14-7-11-10(17-3-4-18-11)6-13(14)24(21,22)19-20/h1-7,19-20H. The summed E-state index contributed by atoms with van der Waals surface area (Å²) in [6, 6.07) is 8.16. The van der Waals surface area contributed by atoms with Crippen LogP contribution in [0.3, 0.4) is 0 Å². The summed E-state index contributed by atoms with van der Waals surface area (Å²) in [6.45, 7) is 0. The predicted molar refractivity (Wildman–Crippen MR) is 99.4 cm³/mol. The molecule has 3 aromatic rings. The molecule has 0 saturated heterocycles. The molecule has 0 aliphatic carbocycles. The van der Waals surface area contributed by atoms with Gasteiger partial charge in [-0.3, -0.25) is 0 Å². The molecule has 0 atom stereocenters. The maximum atomic E-state index is 12.1. The zero-order chi connectivity index (χ0) is 18.0. The van der Waals surface area contributed by atoms with Crippen LogP contribution in [0.1, 0.15) is 0 Å². The van der Waals surface area contributed by atoms with E-state index >= 15 is 0 Å². The Bertz CT molecular complexity index is 1050. The third-order valence-corrected chi connectivity index (χ3v) is 9.46. The van der Waals surface area contributed by atoms with Gasteiger partial charge in [0.2, 0.25) is 0 Å². The molecule has 1 heterocycles. The van der Waals surface area contributed by atoms with Crippen molar-refractivity contribution in [2.24, 2.45) is 0 Å². The normalized spacial score (nSPS) is 11.8. The van der Waals surface area contributed by atoms with Crippen molar-refractivity contribution >= 4 is 72.7 Å². The number of nitrogens with zero attached hydrogens (tertiary/aromatic N) is 2. The Morgan fingerprint density at radius 3 is 2.40 bits per heavy atom. The van der Waals surface area contributed by atoms with E-state index in [0.717, 1.165) is 4.90 Å². The number of rotatable bonds is 5. The van der Waals surface area contributed by atoms with Crippen LogP contribution in [0.5, 0.6) is 0 Å². The molecule has 25 heavy (non-hydrogen) atoms. The van der Waals surface area contributed by atoms with Crippen molar-refractivity contribution in [1.29, 1.82) is 0 Å². The summed E-state index contributed by atoms with van der Waals surface area (Å²) >= 11 is 11.7. The van der Waals surface area contributed by atoms with Gasteiger partial charge >= 0.3 is 164 Å². The fourth-order valence-electron chi connectivity index (χ4n) is 1.93. The molecule has 1 aromatic heterocycles.